The summed E-state index contributed by atoms with van der Waals surface area (Å²) in [4.78, 5) is 20.4. The molecule has 122 valence electrons. The lowest BCUT2D eigenvalue weighted by molar-refractivity contribution is 0.0938. The van der Waals surface area contributed by atoms with E-state index in [1.807, 2.05) is 25.2 Å². The summed E-state index contributed by atoms with van der Waals surface area (Å²) in [5.41, 5.74) is 7.34. The monoisotopic (exact) mass is 342 g/mol. The maximum atomic E-state index is 12.5. The lowest BCUT2D eigenvalue weighted by Gasteiger charge is -2.17. The summed E-state index contributed by atoms with van der Waals surface area (Å²) in [7, 11) is 1.81. The van der Waals surface area contributed by atoms with E-state index in [2.05, 4.69) is 20.4 Å². The Kier molecular flexibility index (Phi) is 4.43. The maximum absolute atomic E-state index is 12.5. The summed E-state index contributed by atoms with van der Waals surface area (Å²) < 4.78 is 1.67. The number of benzene rings is 1. The molecule has 0 saturated heterocycles. The average molecular weight is 343 g/mol. The number of nitrogen functional groups attached to an aromatic ring is 1. The highest BCUT2D eigenvalue weighted by Gasteiger charge is 2.22. The van der Waals surface area contributed by atoms with Crippen LogP contribution >= 0.6 is 11.6 Å². The van der Waals surface area contributed by atoms with Gasteiger partial charge in [0.05, 0.1) is 11.7 Å². The summed E-state index contributed by atoms with van der Waals surface area (Å²) in [6.45, 7) is 0. The highest BCUT2D eigenvalue weighted by Crippen LogP contribution is 2.23. The van der Waals surface area contributed by atoms with Crippen molar-refractivity contribution >= 4 is 23.3 Å². The number of carbonyl (C=O) groups is 1. The number of carbonyl (C=O) groups excluding carboxylic acids is 1. The quantitative estimate of drug-likeness (QED) is 0.755. The van der Waals surface area contributed by atoms with Crippen LogP contribution in [-0.4, -0.2) is 25.7 Å². The Morgan fingerprint density at radius 3 is 2.54 bits per heavy atom. The minimum atomic E-state index is -0.461. The molecular formula is C16H15ClN6O. The van der Waals surface area contributed by atoms with Gasteiger partial charge in [0.1, 0.15) is 0 Å². The van der Waals surface area contributed by atoms with Crippen molar-refractivity contribution in [3.63, 3.8) is 0 Å². The molecule has 1 unspecified atom stereocenters. The van der Waals surface area contributed by atoms with Crippen molar-refractivity contribution in [3.8, 4) is 0 Å². The Balaban J connectivity index is 1.95. The first kappa shape index (κ1) is 15.9. The second-order valence-electron chi connectivity index (χ2n) is 5.16. The fourth-order valence-corrected chi connectivity index (χ4v) is 2.42. The Hall–Kier alpha value is -2.93. The van der Waals surface area contributed by atoms with Gasteiger partial charge in [0, 0.05) is 30.7 Å². The van der Waals surface area contributed by atoms with E-state index in [4.69, 9.17) is 17.3 Å². The van der Waals surface area contributed by atoms with Crippen molar-refractivity contribution in [3.05, 3.63) is 70.9 Å². The summed E-state index contributed by atoms with van der Waals surface area (Å²) in [6, 6.07) is 8.56. The van der Waals surface area contributed by atoms with Crippen LogP contribution < -0.4 is 11.1 Å². The minimum absolute atomic E-state index is 0.0749. The second kappa shape index (κ2) is 6.67. The molecule has 0 aliphatic carbocycles. The van der Waals surface area contributed by atoms with Crippen molar-refractivity contribution in [2.24, 2.45) is 7.05 Å². The molecule has 0 aliphatic heterocycles. The van der Waals surface area contributed by atoms with E-state index in [9.17, 15) is 4.79 Å². The zero-order valence-electron chi connectivity index (χ0n) is 12.8. The third kappa shape index (κ3) is 3.36. The molecule has 0 radical (unpaired) electrons. The first-order valence-electron chi connectivity index (χ1n) is 7.17. The largest absolute Gasteiger partial charge is 0.382 e. The van der Waals surface area contributed by atoms with Crippen LogP contribution in [0.2, 0.25) is 5.02 Å². The Bertz CT molecular complexity index is 861. The molecule has 3 N–H and O–H groups in total. The molecule has 2 aromatic heterocycles. The third-order valence-corrected chi connectivity index (χ3v) is 3.70. The molecule has 3 rings (SSSR count). The van der Waals surface area contributed by atoms with Crippen molar-refractivity contribution in [1.29, 1.82) is 0 Å². The number of hydrogen-bond donors (Lipinski definition) is 2. The minimum Gasteiger partial charge on any atom is -0.382 e. The number of rotatable bonds is 4. The number of nitrogens with zero attached hydrogens (tertiary/aromatic N) is 4. The Labute approximate surface area is 143 Å². The van der Waals surface area contributed by atoms with Gasteiger partial charge >= 0.3 is 0 Å². The molecule has 0 fully saturated rings. The Morgan fingerprint density at radius 1 is 1.21 bits per heavy atom. The molecule has 7 nitrogen and oxygen atoms in total. The summed E-state index contributed by atoms with van der Waals surface area (Å²) in [5, 5.41) is 7.89. The molecule has 0 bridgehead atoms. The number of aromatic nitrogens is 4. The van der Waals surface area contributed by atoms with Gasteiger partial charge in [-0.1, -0.05) is 23.7 Å². The second-order valence-corrected chi connectivity index (χ2v) is 5.60. The highest BCUT2D eigenvalue weighted by atomic mass is 35.5. The molecular weight excluding hydrogens is 328 g/mol. The van der Waals surface area contributed by atoms with Crippen LogP contribution in [0.1, 0.15) is 27.8 Å². The van der Waals surface area contributed by atoms with E-state index in [1.165, 1.54) is 12.4 Å². The number of hydrogen-bond acceptors (Lipinski definition) is 5. The predicted octanol–water partition coefficient (Wildman–Crippen LogP) is 1.97. The van der Waals surface area contributed by atoms with E-state index in [-0.39, 0.29) is 11.5 Å². The van der Waals surface area contributed by atoms with Gasteiger partial charge in [-0.25, -0.2) is 9.97 Å². The van der Waals surface area contributed by atoms with E-state index >= 15 is 0 Å². The van der Waals surface area contributed by atoms with Gasteiger partial charge in [-0.3, -0.25) is 9.48 Å². The summed E-state index contributed by atoms with van der Waals surface area (Å²) in [5.74, 6) is -0.350. The smallest absolute Gasteiger partial charge is 0.274 e. The lowest BCUT2D eigenvalue weighted by Crippen LogP contribution is -2.31. The average Bonchev–Trinajstić information content (AvgIpc) is 3.00. The number of halogens is 1. The van der Waals surface area contributed by atoms with Crippen molar-refractivity contribution in [1.82, 2.24) is 25.1 Å². The summed E-state index contributed by atoms with van der Waals surface area (Å²) in [6.07, 6.45) is 4.66. The number of amides is 1. The molecule has 1 amide bonds. The first-order valence-corrected chi connectivity index (χ1v) is 7.55. The number of aryl methyl sites for hydroxylation is 1. The molecule has 1 aromatic carbocycles. The molecule has 0 aliphatic rings. The van der Waals surface area contributed by atoms with Crippen LogP contribution in [-0.2, 0) is 7.05 Å². The molecule has 8 heteroatoms. The molecule has 24 heavy (non-hydrogen) atoms. The molecule has 0 spiro atoms. The van der Waals surface area contributed by atoms with Gasteiger partial charge in [0.15, 0.2) is 11.5 Å². The SMILES string of the molecule is Cn1ccc(C(NC(=O)c2nccnc2N)c2ccc(Cl)cc2)n1. The third-order valence-electron chi connectivity index (χ3n) is 3.45. The van der Waals surface area contributed by atoms with Crippen molar-refractivity contribution in [2.75, 3.05) is 5.73 Å². The van der Waals surface area contributed by atoms with Gasteiger partial charge in [-0.15, -0.1) is 0 Å². The van der Waals surface area contributed by atoms with Gasteiger partial charge in [-0.2, -0.15) is 5.10 Å². The van der Waals surface area contributed by atoms with Gasteiger partial charge < -0.3 is 11.1 Å². The van der Waals surface area contributed by atoms with Crippen LogP contribution in [0.25, 0.3) is 0 Å². The van der Waals surface area contributed by atoms with E-state index < -0.39 is 11.9 Å². The maximum Gasteiger partial charge on any atom is 0.274 e. The van der Waals surface area contributed by atoms with Crippen molar-refractivity contribution in [2.45, 2.75) is 6.04 Å². The normalized spacial score (nSPS) is 11.9. The van der Waals surface area contributed by atoms with E-state index in [1.54, 1.807) is 23.0 Å². The number of nitrogens with two attached hydrogens (primary N) is 1. The van der Waals surface area contributed by atoms with Gasteiger partial charge in [0.2, 0.25) is 0 Å². The molecule has 2 heterocycles. The summed E-state index contributed by atoms with van der Waals surface area (Å²) >= 11 is 5.95. The number of anilines is 1. The Morgan fingerprint density at radius 2 is 1.92 bits per heavy atom. The fraction of sp³-hybridized carbons (Fsp3) is 0.125. The van der Waals surface area contributed by atoms with Crippen LogP contribution in [0, 0.1) is 0 Å². The van der Waals surface area contributed by atoms with Crippen LogP contribution in [0.15, 0.2) is 48.9 Å². The predicted molar refractivity (Wildman–Crippen MR) is 90.4 cm³/mol. The fourth-order valence-electron chi connectivity index (χ4n) is 2.29. The topological polar surface area (TPSA) is 98.7 Å². The van der Waals surface area contributed by atoms with Crippen LogP contribution in [0.4, 0.5) is 5.82 Å². The highest BCUT2D eigenvalue weighted by molar-refractivity contribution is 6.30. The first-order chi connectivity index (χ1) is 11.5. The van der Waals surface area contributed by atoms with Crippen molar-refractivity contribution < 1.29 is 4.79 Å². The molecule has 3 aromatic rings. The number of nitrogens with one attached hydrogen (secondary N) is 1. The van der Waals surface area contributed by atoms with Gasteiger partial charge in [-0.05, 0) is 23.8 Å². The van der Waals surface area contributed by atoms with E-state index in [0.29, 0.717) is 10.7 Å². The zero-order valence-corrected chi connectivity index (χ0v) is 13.6. The zero-order chi connectivity index (χ0) is 17.1. The van der Waals surface area contributed by atoms with Crippen LogP contribution in [0.3, 0.4) is 0 Å². The molecule has 1 atom stereocenters. The van der Waals surface area contributed by atoms with Gasteiger partial charge in [0.25, 0.3) is 5.91 Å². The lowest BCUT2D eigenvalue weighted by atomic mass is 10.0. The van der Waals surface area contributed by atoms with E-state index in [0.717, 1.165) is 5.56 Å². The van der Waals surface area contributed by atoms with Crippen LogP contribution in [0.5, 0.6) is 0 Å². The standard InChI is InChI=1S/C16H15ClN6O/c1-23-9-6-12(22-23)13(10-2-4-11(17)5-3-10)21-16(24)14-15(18)20-8-7-19-14/h2-9,13H,1H3,(H2,18,20)(H,21,24). The molecule has 0 saturated carbocycles.